The minimum atomic E-state index is -0.282. The minimum Gasteiger partial charge on any atom is -0.379 e. The number of hydrogen-bond donors (Lipinski definition) is 0. The second-order valence-corrected chi connectivity index (χ2v) is 6.91. The first-order valence-electron chi connectivity index (χ1n) is 8.41. The number of amides is 1. The highest BCUT2D eigenvalue weighted by molar-refractivity contribution is 5.96. The Morgan fingerprint density at radius 2 is 2.04 bits per heavy atom. The molecule has 3 rings (SSSR count). The van der Waals surface area contributed by atoms with E-state index in [1.54, 1.807) is 17.0 Å². The van der Waals surface area contributed by atoms with Crippen LogP contribution in [0.15, 0.2) is 24.3 Å². The fourth-order valence-corrected chi connectivity index (χ4v) is 3.62. The molecule has 5 heteroatoms. The van der Waals surface area contributed by atoms with Crippen molar-refractivity contribution in [3.63, 3.8) is 0 Å². The molecule has 1 aromatic carbocycles. The van der Waals surface area contributed by atoms with E-state index in [4.69, 9.17) is 4.74 Å². The number of carbonyl (C=O) groups excluding carboxylic acids is 1. The lowest BCUT2D eigenvalue weighted by molar-refractivity contribution is -0.118. The van der Waals surface area contributed by atoms with Crippen LogP contribution in [0.4, 0.5) is 10.1 Å². The molecule has 2 saturated heterocycles. The van der Waals surface area contributed by atoms with Crippen molar-refractivity contribution in [2.24, 2.45) is 5.41 Å². The molecule has 2 heterocycles. The summed E-state index contributed by atoms with van der Waals surface area (Å²) in [4.78, 5) is 16.8. The van der Waals surface area contributed by atoms with E-state index >= 15 is 0 Å². The van der Waals surface area contributed by atoms with E-state index in [0.717, 1.165) is 31.8 Å². The molecule has 126 valence electrons. The SMILES string of the molecule is CC[C@H](C)N1CCOC[C@]2(CC(=O)N(c3ccc(F)cc3)C2)C1. The second kappa shape index (κ2) is 6.57. The van der Waals surface area contributed by atoms with Crippen LogP contribution in [0, 0.1) is 11.2 Å². The van der Waals surface area contributed by atoms with Crippen LogP contribution in [0.5, 0.6) is 0 Å². The molecule has 0 aromatic heterocycles. The number of benzene rings is 1. The number of halogens is 1. The van der Waals surface area contributed by atoms with E-state index in [1.165, 1.54) is 12.1 Å². The largest absolute Gasteiger partial charge is 0.379 e. The number of nitrogens with zero attached hydrogens (tertiary/aromatic N) is 2. The molecule has 2 atom stereocenters. The van der Waals surface area contributed by atoms with Gasteiger partial charge in [0, 0.05) is 43.2 Å². The van der Waals surface area contributed by atoms with Crippen molar-refractivity contribution in [1.29, 1.82) is 0 Å². The maximum Gasteiger partial charge on any atom is 0.227 e. The van der Waals surface area contributed by atoms with Gasteiger partial charge in [0.2, 0.25) is 5.91 Å². The van der Waals surface area contributed by atoms with Crippen molar-refractivity contribution >= 4 is 11.6 Å². The van der Waals surface area contributed by atoms with Crippen LogP contribution in [-0.4, -0.2) is 49.7 Å². The van der Waals surface area contributed by atoms with Crippen LogP contribution in [-0.2, 0) is 9.53 Å². The zero-order chi connectivity index (χ0) is 16.4. The Morgan fingerprint density at radius 1 is 1.30 bits per heavy atom. The van der Waals surface area contributed by atoms with Crippen LogP contribution < -0.4 is 4.90 Å². The third kappa shape index (κ3) is 3.40. The molecule has 0 aliphatic carbocycles. The predicted octanol–water partition coefficient (Wildman–Crippen LogP) is 2.68. The topological polar surface area (TPSA) is 32.8 Å². The van der Waals surface area contributed by atoms with E-state index in [1.807, 2.05) is 0 Å². The van der Waals surface area contributed by atoms with Gasteiger partial charge in [0.1, 0.15) is 5.82 Å². The van der Waals surface area contributed by atoms with Gasteiger partial charge < -0.3 is 9.64 Å². The lowest BCUT2D eigenvalue weighted by atomic mass is 9.87. The molecule has 0 bridgehead atoms. The van der Waals surface area contributed by atoms with Gasteiger partial charge >= 0.3 is 0 Å². The molecule has 2 aliphatic heterocycles. The summed E-state index contributed by atoms with van der Waals surface area (Å²) in [6.45, 7) is 8.19. The van der Waals surface area contributed by atoms with E-state index < -0.39 is 0 Å². The number of rotatable bonds is 3. The Hall–Kier alpha value is -1.46. The molecular weight excluding hydrogens is 295 g/mol. The van der Waals surface area contributed by atoms with Gasteiger partial charge in [0.05, 0.1) is 13.2 Å². The summed E-state index contributed by atoms with van der Waals surface area (Å²) in [7, 11) is 0. The molecule has 0 N–H and O–H groups in total. The maximum absolute atomic E-state index is 13.1. The van der Waals surface area contributed by atoms with E-state index in [-0.39, 0.29) is 17.1 Å². The van der Waals surface area contributed by atoms with Crippen LogP contribution in [0.1, 0.15) is 26.7 Å². The normalized spacial score (nSPS) is 27.4. The molecule has 1 amide bonds. The maximum atomic E-state index is 13.1. The van der Waals surface area contributed by atoms with Crippen molar-refractivity contribution in [1.82, 2.24) is 4.90 Å². The number of carbonyl (C=O) groups is 1. The van der Waals surface area contributed by atoms with Crippen LogP contribution in [0.25, 0.3) is 0 Å². The molecular formula is C18H25FN2O2. The molecule has 23 heavy (non-hydrogen) atoms. The average Bonchev–Trinajstić information content (AvgIpc) is 2.73. The fraction of sp³-hybridized carbons (Fsp3) is 0.611. The summed E-state index contributed by atoms with van der Waals surface area (Å²) in [5, 5.41) is 0. The zero-order valence-electron chi connectivity index (χ0n) is 13.9. The second-order valence-electron chi connectivity index (χ2n) is 6.91. The minimum absolute atomic E-state index is 0.103. The van der Waals surface area contributed by atoms with E-state index in [0.29, 0.717) is 25.6 Å². The Labute approximate surface area is 137 Å². The molecule has 2 aliphatic rings. The van der Waals surface area contributed by atoms with Crippen LogP contribution >= 0.6 is 0 Å². The summed E-state index contributed by atoms with van der Waals surface area (Å²) in [6, 6.07) is 6.65. The first kappa shape index (κ1) is 16.4. The lowest BCUT2D eigenvalue weighted by Crippen LogP contribution is -2.44. The summed E-state index contributed by atoms with van der Waals surface area (Å²) < 4.78 is 18.9. The molecule has 4 nitrogen and oxygen atoms in total. The van der Waals surface area contributed by atoms with Gasteiger partial charge in [0.25, 0.3) is 0 Å². The number of hydrogen-bond acceptors (Lipinski definition) is 3. The first-order chi connectivity index (χ1) is 11.0. The summed E-state index contributed by atoms with van der Waals surface area (Å²) in [5.74, 6) is -0.179. The van der Waals surface area contributed by atoms with Crippen LogP contribution in [0.3, 0.4) is 0 Å². The highest BCUT2D eigenvalue weighted by atomic mass is 19.1. The van der Waals surface area contributed by atoms with E-state index in [2.05, 4.69) is 18.7 Å². The van der Waals surface area contributed by atoms with Crippen molar-refractivity contribution in [2.45, 2.75) is 32.7 Å². The molecule has 2 fully saturated rings. The van der Waals surface area contributed by atoms with Gasteiger partial charge in [-0.25, -0.2) is 4.39 Å². The molecule has 0 saturated carbocycles. The van der Waals surface area contributed by atoms with Gasteiger partial charge in [-0.2, -0.15) is 0 Å². The van der Waals surface area contributed by atoms with Crippen LogP contribution in [0.2, 0.25) is 0 Å². The molecule has 0 radical (unpaired) electrons. The van der Waals surface area contributed by atoms with Crippen molar-refractivity contribution in [3.05, 3.63) is 30.1 Å². The Balaban J connectivity index is 1.80. The first-order valence-corrected chi connectivity index (χ1v) is 8.41. The smallest absolute Gasteiger partial charge is 0.227 e. The third-order valence-electron chi connectivity index (χ3n) is 5.14. The van der Waals surface area contributed by atoms with Crippen molar-refractivity contribution in [3.8, 4) is 0 Å². The zero-order valence-corrected chi connectivity index (χ0v) is 13.9. The summed E-state index contributed by atoms with van der Waals surface area (Å²) >= 11 is 0. The van der Waals surface area contributed by atoms with Gasteiger partial charge in [-0.05, 0) is 37.6 Å². The lowest BCUT2D eigenvalue weighted by Gasteiger charge is -2.34. The summed E-state index contributed by atoms with van der Waals surface area (Å²) in [5.41, 5.74) is 0.610. The Kier molecular flexibility index (Phi) is 4.69. The Morgan fingerprint density at radius 3 is 2.74 bits per heavy atom. The van der Waals surface area contributed by atoms with Crippen molar-refractivity contribution < 1.29 is 13.9 Å². The Bertz CT molecular complexity index is 563. The van der Waals surface area contributed by atoms with Crippen molar-refractivity contribution in [2.75, 3.05) is 37.7 Å². The quantitative estimate of drug-likeness (QED) is 0.858. The fourth-order valence-electron chi connectivity index (χ4n) is 3.62. The van der Waals surface area contributed by atoms with Gasteiger partial charge in [-0.3, -0.25) is 9.69 Å². The standard InChI is InChI=1S/C18H25FN2O2/c1-3-14(2)20-8-9-23-13-18(11-20)10-17(22)21(12-18)16-6-4-15(19)5-7-16/h4-7,14H,3,8-13H2,1-2H3/t14-,18+/m0/s1. The van der Waals surface area contributed by atoms with Gasteiger partial charge in [0.15, 0.2) is 0 Å². The molecule has 1 spiro atoms. The number of anilines is 1. The molecule has 0 unspecified atom stereocenters. The predicted molar refractivity (Wildman–Crippen MR) is 87.9 cm³/mol. The van der Waals surface area contributed by atoms with Gasteiger partial charge in [-0.1, -0.05) is 6.92 Å². The third-order valence-corrected chi connectivity index (χ3v) is 5.14. The highest BCUT2D eigenvalue weighted by Crippen LogP contribution is 2.37. The average molecular weight is 320 g/mol. The van der Waals surface area contributed by atoms with E-state index in [9.17, 15) is 9.18 Å². The van der Waals surface area contributed by atoms with Gasteiger partial charge in [-0.15, -0.1) is 0 Å². The summed E-state index contributed by atoms with van der Waals surface area (Å²) in [6.07, 6.45) is 1.59. The highest BCUT2D eigenvalue weighted by Gasteiger charge is 2.46. The number of ether oxygens (including phenoxy) is 1. The molecule has 1 aromatic rings. The monoisotopic (exact) mass is 320 g/mol.